The van der Waals surface area contributed by atoms with E-state index in [1.54, 1.807) is 6.92 Å². The fourth-order valence-corrected chi connectivity index (χ4v) is 1.64. The summed E-state index contributed by atoms with van der Waals surface area (Å²) in [6, 6.07) is 4.26. The second kappa shape index (κ2) is 6.56. The predicted molar refractivity (Wildman–Crippen MR) is 66.7 cm³/mol. The Bertz CT molecular complexity index is 432. The lowest BCUT2D eigenvalue weighted by molar-refractivity contribution is -0.137. The molecule has 0 radical (unpaired) electrons. The van der Waals surface area contributed by atoms with Crippen molar-refractivity contribution in [1.29, 1.82) is 0 Å². The summed E-state index contributed by atoms with van der Waals surface area (Å²) in [6.07, 6.45) is -2.99. The van der Waals surface area contributed by atoms with Crippen molar-refractivity contribution in [2.45, 2.75) is 32.0 Å². The summed E-state index contributed by atoms with van der Waals surface area (Å²) in [4.78, 5) is 11.8. The summed E-state index contributed by atoms with van der Waals surface area (Å²) in [6.45, 7) is 2.31. The molecule has 0 spiro atoms. The van der Waals surface area contributed by atoms with Crippen LogP contribution in [0, 0.1) is 0 Å². The van der Waals surface area contributed by atoms with Crippen molar-refractivity contribution in [3.8, 4) is 0 Å². The average molecular weight is 274 g/mol. The molecule has 1 amide bonds. The zero-order chi connectivity index (χ0) is 14.5. The van der Waals surface area contributed by atoms with Gasteiger partial charge in [-0.3, -0.25) is 4.79 Å². The Kier molecular flexibility index (Phi) is 5.35. The van der Waals surface area contributed by atoms with Gasteiger partial charge in [-0.2, -0.15) is 13.2 Å². The lowest BCUT2D eigenvalue weighted by Gasteiger charge is -2.14. The summed E-state index contributed by atoms with van der Waals surface area (Å²) in [7, 11) is 0. The maximum absolute atomic E-state index is 12.5. The van der Waals surface area contributed by atoms with Gasteiger partial charge in [-0.05, 0) is 44.5 Å². The van der Waals surface area contributed by atoms with Crippen LogP contribution >= 0.6 is 0 Å². The number of carbonyl (C=O) groups excluding carboxylic acids is 1. The number of alkyl halides is 3. The highest BCUT2D eigenvalue weighted by Gasteiger charge is 2.30. The molecule has 1 rings (SSSR count). The minimum Gasteiger partial charge on any atom is -0.350 e. The van der Waals surface area contributed by atoms with E-state index < -0.39 is 17.6 Å². The van der Waals surface area contributed by atoms with E-state index in [0.717, 1.165) is 18.6 Å². The predicted octanol–water partition coefficient (Wildman–Crippen LogP) is 2.56. The van der Waals surface area contributed by atoms with Crippen LogP contribution < -0.4 is 11.1 Å². The third kappa shape index (κ3) is 4.90. The number of hydrogen-bond acceptors (Lipinski definition) is 2. The molecule has 3 N–H and O–H groups in total. The second-order valence-electron chi connectivity index (χ2n) is 4.38. The molecule has 1 aromatic rings. The quantitative estimate of drug-likeness (QED) is 0.867. The first-order valence-electron chi connectivity index (χ1n) is 6.02. The zero-order valence-corrected chi connectivity index (χ0v) is 10.6. The van der Waals surface area contributed by atoms with E-state index >= 15 is 0 Å². The molecule has 106 valence electrons. The Morgan fingerprint density at radius 1 is 1.42 bits per heavy atom. The van der Waals surface area contributed by atoms with Crippen molar-refractivity contribution in [2.75, 3.05) is 6.54 Å². The van der Waals surface area contributed by atoms with Crippen molar-refractivity contribution in [1.82, 2.24) is 5.32 Å². The number of nitrogens with two attached hydrogens (primary N) is 1. The molecular weight excluding hydrogens is 257 g/mol. The molecule has 3 nitrogen and oxygen atoms in total. The molecule has 0 saturated heterocycles. The van der Waals surface area contributed by atoms with Crippen LogP contribution in [-0.4, -0.2) is 18.5 Å². The van der Waals surface area contributed by atoms with Gasteiger partial charge >= 0.3 is 6.18 Å². The first-order chi connectivity index (χ1) is 8.84. The smallest absolute Gasteiger partial charge is 0.350 e. The number of hydrogen-bond donors (Lipinski definition) is 2. The zero-order valence-electron chi connectivity index (χ0n) is 10.6. The summed E-state index contributed by atoms with van der Waals surface area (Å²) in [5.41, 5.74) is 4.53. The van der Waals surface area contributed by atoms with Crippen LogP contribution in [0.3, 0.4) is 0 Å². The van der Waals surface area contributed by atoms with E-state index in [4.69, 9.17) is 5.73 Å². The van der Waals surface area contributed by atoms with Crippen molar-refractivity contribution in [2.24, 2.45) is 5.73 Å². The second-order valence-corrected chi connectivity index (χ2v) is 4.38. The molecule has 0 fully saturated rings. The summed E-state index contributed by atoms with van der Waals surface area (Å²) < 4.78 is 37.5. The van der Waals surface area contributed by atoms with E-state index in [9.17, 15) is 18.0 Å². The Hall–Kier alpha value is -1.56. The minimum absolute atomic E-state index is 0.00873. The van der Waals surface area contributed by atoms with E-state index in [-0.39, 0.29) is 11.6 Å². The van der Waals surface area contributed by atoms with Gasteiger partial charge in [0, 0.05) is 11.6 Å². The lowest BCUT2D eigenvalue weighted by Crippen LogP contribution is -2.33. The number of halogens is 3. The molecule has 0 bridgehead atoms. The largest absolute Gasteiger partial charge is 0.416 e. The Balaban J connectivity index is 2.72. The minimum atomic E-state index is -4.44. The van der Waals surface area contributed by atoms with Gasteiger partial charge in [-0.15, -0.1) is 0 Å². The molecule has 0 aliphatic carbocycles. The molecule has 0 aliphatic heterocycles. The molecule has 0 aliphatic rings. The molecule has 6 heteroatoms. The van der Waals surface area contributed by atoms with Gasteiger partial charge in [0.25, 0.3) is 5.91 Å². The fourth-order valence-electron chi connectivity index (χ4n) is 1.64. The maximum atomic E-state index is 12.5. The third-order valence-corrected chi connectivity index (χ3v) is 2.67. The van der Waals surface area contributed by atoms with Crippen LogP contribution in [0.2, 0.25) is 0 Å². The van der Waals surface area contributed by atoms with Crippen molar-refractivity contribution >= 4 is 5.91 Å². The topological polar surface area (TPSA) is 55.1 Å². The summed E-state index contributed by atoms with van der Waals surface area (Å²) >= 11 is 0. The molecule has 1 unspecified atom stereocenters. The molecular formula is C13H17F3N2O. The number of rotatable bonds is 5. The van der Waals surface area contributed by atoms with Crippen LogP contribution in [0.15, 0.2) is 24.3 Å². The van der Waals surface area contributed by atoms with E-state index in [0.29, 0.717) is 13.0 Å². The van der Waals surface area contributed by atoms with Crippen LogP contribution in [0.4, 0.5) is 13.2 Å². The highest BCUT2D eigenvalue weighted by molar-refractivity contribution is 5.94. The van der Waals surface area contributed by atoms with E-state index in [1.807, 2.05) is 0 Å². The Morgan fingerprint density at radius 2 is 2.11 bits per heavy atom. The van der Waals surface area contributed by atoms with Crippen molar-refractivity contribution < 1.29 is 18.0 Å². The molecule has 19 heavy (non-hydrogen) atoms. The van der Waals surface area contributed by atoms with Crippen molar-refractivity contribution in [3.05, 3.63) is 35.4 Å². The number of carbonyl (C=O) groups is 1. The lowest BCUT2D eigenvalue weighted by atomic mass is 10.1. The van der Waals surface area contributed by atoms with Crippen molar-refractivity contribution in [3.63, 3.8) is 0 Å². The summed E-state index contributed by atoms with van der Waals surface area (Å²) in [5, 5.41) is 2.65. The average Bonchev–Trinajstić information content (AvgIpc) is 2.35. The molecule has 1 aromatic carbocycles. The highest BCUT2D eigenvalue weighted by atomic mass is 19.4. The van der Waals surface area contributed by atoms with Crippen LogP contribution in [-0.2, 0) is 6.18 Å². The normalized spacial score (nSPS) is 13.1. The van der Waals surface area contributed by atoms with E-state index in [1.165, 1.54) is 12.1 Å². The van der Waals surface area contributed by atoms with Crippen LogP contribution in [0.25, 0.3) is 0 Å². The van der Waals surface area contributed by atoms with Gasteiger partial charge in [0.1, 0.15) is 0 Å². The molecule has 0 aromatic heterocycles. The van der Waals surface area contributed by atoms with Gasteiger partial charge in [0.05, 0.1) is 5.56 Å². The SMILES string of the molecule is CC(CCCN)NC(=O)c1cccc(C(F)(F)F)c1. The maximum Gasteiger partial charge on any atom is 0.416 e. The van der Waals surface area contributed by atoms with Gasteiger partial charge in [-0.1, -0.05) is 6.07 Å². The fraction of sp³-hybridized carbons (Fsp3) is 0.462. The monoisotopic (exact) mass is 274 g/mol. The standard InChI is InChI=1S/C13H17F3N2O/c1-9(4-3-7-17)18-12(19)10-5-2-6-11(8-10)13(14,15)16/h2,5-6,8-9H,3-4,7,17H2,1H3,(H,18,19). The van der Waals surface area contributed by atoms with E-state index in [2.05, 4.69) is 5.32 Å². The first kappa shape index (κ1) is 15.5. The summed E-state index contributed by atoms with van der Waals surface area (Å²) in [5.74, 6) is -0.504. The number of amides is 1. The molecule has 0 heterocycles. The van der Waals surface area contributed by atoms with Gasteiger partial charge in [0.15, 0.2) is 0 Å². The third-order valence-electron chi connectivity index (χ3n) is 2.67. The Labute approximate surface area is 110 Å². The van der Waals surface area contributed by atoms with Crippen LogP contribution in [0.5, 0.6) is 0 Å². The van der Waals surface area contributed by atoms with Gasteiger partial charge < -0.3 is 11.1 Å². The van der Waals surface area contributed by atoms with Gasteiger partial charge in [0.2, 0.25) is 0 Å². The highest BCUT2D eigenvalue weighted by Crippen LogP contribution is 2.29. The molecule has 1 atom stereocenters. The van der Waals surface area contributed by atoms with Gasteiger partial charge in [-0.25, -0.2) is 0 Å². The number of nitrogens with one attached hydrogen (secondary N) is 1. The number of benzene rings is 1. The Morgan fingerprint density at radius 3 is 2.68 bits per heavy atom. The molecule has 0 saturated carbocycles. The van der Waals surface area contributed by atoms with Crippen LogP contribution in [0.1, 0.15) is 35.7 Å². The first-order valence-corrected chi connectivity index (χ1v) is 6.02.